The number of rotatable bonds is 1. The van der Waals surface area contributed by atoms with Crippen LogP contribution >= 0.6 is 23.2 Å². The summed E-state index contributed by atoms with van der Waals surface area (Å²) in [5, 5.41) is 8.87. The molecule has 2 N–H and O–H groups in total. The van der Waals surface area contributed by atoms with Crippen LogP contribution in [0.1, 0.15) is 10.5 Å². The van der Waals surface area contributed by atoms with Crippen LogP contribution in [0.3, 0.4) is 0 Å². The summed E-state index contributed by atoms with van der Waals surface area (Å²) in [7, 11) is 0. The van der Waals surface area contributed by atoms with Gasteiger partial charge in [-0.15, -0.1) is 0 Å². The van der Waals surface area contributed by atoms with Gasteiger partial charge in [0.05, 0.1) is 20.9 Å². The maximum Gasteiger partial charge on any atom is 0.355 e. The summed E-state index contributed by atoms with van der Waals surface area (Å²) in [5.41, 5.74) is -0.214. The van der Waals surface area contributed by atoms with E-state index in [9.17, 15) is 9.18 Å². The van der Waals surface area contributed by atoms with Crippen LogP contribution in [0.2, 0.25) is 10.0 Å². The Bertz CT molecular complexity index is 565. The molecule has 0 unspecified atom stereocenters. The van der Waals surface area contributed by atoms with Crippen molar-refractivity contribution in [2.45, 2.75) is 0 Å². The first-order chi connectivity index (χ1) is 7.02. The zero-order valence-electron chi connectivity index (χ0n) is 7.14. The van der Waals surface area contributed by atoms with E-state index in [4.69, 9.17) is 28.3 Å². The highest BCUT2D eigenvalue weighted by molar-refractivity contribution is 6.45. The highest BCUT2D eigenvalue weighted by atomic mass is 35.5. The number of aromatic nitrogens is 1. The van der Waals surface area contributed by atoms with Crippen molar-refractivity contribution in [2.24, 2.45) is 0 Å². The summed E-state index contributed by atoms with van der Waals surface area (Å²) in [5.74, 6) is -2.28. The summed E-state index contributed by atoms with van der Waals surface area (Å²) in [4.78, 5) is 13.1. The fraction of sp³-hybridized carbons (Fsp3) is 0. The fourth-order valence-electron chi connectivity index (χ4n) is 1.33. The van der Waals surface area contributed by atoms with E-state index in [-0.39, 0.29) is 15.4 Å². The van der Waals surface area contributed by atoms with Gasteiger partial charge in [0, 0.05) is 0 Å². The Morgan fingerprint density at radius 2 is 2.07 bits per heavy atom. The quantitative estimate of drug-likeness (QED) is 0.813. The Kier molecular flexibility index (Phi) is 2.32. The van der Waals surface area contributed by atoms with Crippen molar-refractivity contribution >= 4 is 40.1 Å². The van der Waals surface area contributed by atoms with Crippen molar-refractivity contribution in [2.75, 3.05) is 0 Å². The van der Waals surface area contributed by atoms with E-state index in [1.54, 1.807) is 0 Å². The number of aromatic carboxylic acids is 1. The van der Waals surface area contributed by atoms with E-state index in [2.05, 4.69) is 4.98 Å². The van der Waals surface area contributed by atoms with E-state index in [1.807, 2.05) is 0 Å². The number of halogens is 3. The second kappa shape index (κ2) is 3.40. The lowest BCUT2D eigenvalue weighted by Crippen LogP contribution is -1.98. The first-order valence-electron chi connectivity index (χ1n) is 3.91. The van der Waals surface area contributed by atoms with E-state index in [1.165, 1.54) is 12.1 Å². The zero-order chi connectivity index (χ0) is 11.2. The van der Waals surface area contributed by atoms with Gasteiger partial charge in [0.2, 0.25) is 0 Å². The number of hydrogen-bond acceptors (Lipinski definition) is 1. The van der Waals surface area contributed by atoms with Crippen LogP contribution in [0.15, 0.2) is 12.1 Å². The van der Waals surface area contributed by atoms with Crippen molar-refractivity contribution in [3.05, 3.63) is 33.7 Å². The van der Waals surface area contributed by atoms with Crippen molar-refractivity contribution in [3.8, 4) is 0 Å². The van der Waals surface area contributed by atoms with Gasteiger partial charge in [0.25, 0.3) is 0 Å². The third kappa shape index (κ3) is 1.46. The van der Waals surface area contributed by atoms with Crippen LogP contribution in [0.25, 0.3) is 10.9 Å². The predicted molar refractivity (Wildman–Crippen MR) is 55.2 cm³/mol. The Morgan fingerprint density at radius 1 is 1.40 bits per heavy atom. The first kappa shape index (κ1) is 10.3. The number of carboxylic acid groups (broad SMARTS) is 1. The molecule has 2 rings (SSSR count). The molecule has 0 amide bonds. The Balaban J connectivity index is 2.89. The second-order valence-corrected chi connectivity index (χ2v) is 3.69. The molecule has 6 heteroatoms. The number of benzene rings is 1. The minimum atomic E-state index is -1.38. The third-order valence-corrected chi connectivity index (χ3v) is 2.81. The maximum absolute atomic E-state index is 13.6. The SMILES string of the molecule is O=C(O)c1[nH]c2ccc(Cl)c(Cl)c2c1F. The molecule has 0 aliphatic carbocycles. The van der Waals surface area contributed by atoms with Crippen molar-refractivity contribution in [1.29, 1.82) is 0 Å². The number of aromatic amines is 1. The molecule has 0 radical (unpaired) electrons. The largest absolute Gasteiger partial charge is 0.476 e. The predicted octanol–water partition coefficient (Wildman–Crippen LogP) is 3.31. The highest BCUT2D eigenvalue weighted by Gasteiger charge is 2.19. The maximum atomic E-state index is 13.6. The minimum absolute atomic E-state index is 0.00145. The molecule has 3 nitrogen and oxygen atoms in total. The molecule has 78 valence electrons. The van der Waals surface area contributed by atoms with E-state index < -0.39 is 17.5 Å². The van der Waals surface area contributed by atoms with Crippen LogP contribution < -0.4 is 0 Å². The summed E-state index contributed by atoms with van der Waals surface area (Å²) in [6.45, 7) is 0. The molecule has 1 aromatic carbocycles. The highest BCUT2D eigenvalue weighted by Crippen LogP contribution is 2.33. The van der Waals surface area contributed by atoms with E-state index in [0.29, 0.717) is 5.52 Å². The summed E-state index contributed by atoms with van der Waals surface area (Å²) < 4.78 is 13.6. The molecule has 0 saturated heterocycles. The molecule has 15 heavy (non-hydrogen) atoms. The number of fused-ring (bicyclic) bond motifs is 1. The fourth-order valence-corrected chi connectivity index (χ4v) is 1.74. The van der Waals surface area contributed by atoms with Crippen LogP contribution in [-0.4, -0.2) is 16.1 Å². The topological polar surface area (TPSA) is 53.1 Å². The normalized spacial score (nSPS) is 10.9. The van der Waals surface area contributed by atoms with Gasteiger partial charge in [0.1, 0.15) is 0 Å². The van der Waals surface area contributed by atoms with Crippen LogP contribution in [0, 0.1) is 5.82 Å². The van der Waals surface area contributed by atoms with Crippen LogP contribution in [0.4, 0.5) is 4.39 Å². The van der Waals surface area contributed by atoms with Gasteiger partial charge in [-0.3, -0.25) is 0 Å². The number of H-pyrrole nitrogens is 1. The number of carboxylic acids is 1. The molecule has 0 spiro atoms. The van der Waals surface area contributed by atoms with E-state index in [0.717, 1.165) is 0 Å². The lowest BCUT2D eigenvalue weighted by atomic mass is 10.2. The molecule has 2 aromatic rings. The van der Waals surface area contributed by atoms with Crippen LogP contribution in [-0.2, 0) is 0 Å². The molecule has 0 aliphatic rings. The minimum Gasteiger partial charge on any atom is -0.476 e. The molecule has 0 saturated carbocycles. The summed E-state index contributed by atoms with van der Waals surface area (Å²) in [6, 6.07) is 2.94. The van der Waals surface area contributed by atoms with Crippen LogP contribution in [0.5, 0.6) is 0 Å². The van der Waals surface area contributed by atoms with Gasteiger partial charge < -0.3 is 10.1 Å². The van der Waals surface area contributed by atoms with Gasteiger partial charge in [-0.2, -0.15) is 0 Å². The number of hydrogen-bond donors (Lipinski definition) is 2. The first-order valence-corrected chi connectivity index (χ1v) is 4.66. The average molecular weight is 248 g/mol. The Morgan fingerprint density at radius 3 is 2.67 bits per heavy atom. The molecule has 0 bridgehead atoms. The number of carbonyl (C=O) groups is 1. The van der Waals surface area contributed by atoms with E-state index >= 15 is 0 Å². The number of nitrogens with one attached hydrogen (secondary N) is 1. The van der Waals surface area contributed by atoms with Gasteiger partial charge in [-0.05, 0) is 12.1 Å². The standard InChI is InChI=1S/C9H4Cl2FNO2/c10-3-1-2-4-5(6(3)11)7(12)8(13-4)9(14)15/h1-2,13H,(H,14,15). The van der Waals surface area contributed by atoms with Crippen molar-refractivity contribution in [1.82, 2.24) is 4.98 Å². The monoisotopic (exact) mass is 247 g/mol. The average Bonchev–Trinajstić information content (AvgIpc) is 2.50. The molecular formula is C9H4Cl2FNO2. The van der Waals surface area contributed by atoms with Gasteiger partial charge in [-0.25, -0.2) is 9.18 Å². The molecule has 1 aromatic heterocycles. The van der Waals surface area contributed by atoms with Crippen molar-refractivity contribution < 1.29 is 14.3 Å². The lowest BCUT2D eigenvalue weighted by molar-refractivity contribution is 0.0686. The van der Waals surface area contributed by atoms with Gasteiger partial charge in [-0.1, -0.05) is 23.2 Å². The second-order valence-electron chi connectivity index (χ2n) is 2.90. The molecule has 0 aliphatic heterocycles. The van der Waals surface area contributed by atoms with Crippen molar-refractivity contribution in [3.63, 3.8) is 0 Å². The Hall–Kier alpha value is -1.26. The molecule has 0 atom stereocenters. The third-order valence-electron chi connectivity index (χ3n) is 2.01. The summed E-state index contributed by atoms with van der Waals surface area (Å²) >= 11 is 11.5. The molecule has 0 fully saturated rings. The zero-order valence-corrected chi connectivity index (χ0v) is 8.66. The lowest BCUT2D eigenvalue weighted by Gasteiger charge is -1.96. The molecular weight excluding hydrogens is 244 g/mol. The van der Waals surface area contributed by atoms with Gasteiger partial charge in [0.15, 0.2) is 11.5 Å². The smallest absolute Gasteiger partial charge is 0.355 e. The Labute approximate surface area is 93.4 Å². The molecule has 1 heterocycles. The summed E-state index contributed by atoms with van der Waals surface area (Å²) in [6.07, 6.45) is 0. The van der Waals surface area contributed by atoms with Gasteiger partial charge >= 0.3 is 5.97 Å².